The van der Waals surface area contributed by atoms with Gasteiger partial charge in [-0.2, -0.15) is 0 Å². The normalized spacial score (nSPS) is 11.5. The summed E-state index contributed by atoms with van der Waals surface area (Å²) in [4.78, 5) is 21.1. The molecule has 96 valence electrons. The summed E-state index contributed by atoms with van der Waals surface area (Å²) in [5.74, 6) is 0.278. The van der Waals surface area contributed by atoms with Crippen LogP contribution in [0.3, 0.4) is 0 Å². The number of nitrogens with two attached hydrogens (primary N) is 1. The van der Waals surface area contributed by atoms with Gasteiger partial charge in [-0.15, -0.1) is 11.3 Å². The van der Waals surface area contributed by atoms with Crippen molar-refractivity contribution in [3.05, 3.63) is 39.6 Å². The lowest BCUT2D eigenvalue weighted by molar-refractivity contribution is 0.857. The molecule has 0 spiro atoms. The molecule has 0 saturated heterocycles. The van der Waals surface area contributed by atoms with Gasteiger partial charge in [-0.25, -0.2) is 4.98 Å². The van der Waals surface area contributed by atoms with Crippen LogP contribution in [0.15, 0.2) is 29.2 Å². The van der Waals surface area contributed by atoms with Gasteiger partial charge in [0.05, 0.1) is 16.2 Å². The largest absolute Gasteiger partial charge is 0.395 e. The number of anilines is 1. The maximum atomic E-state index is 12.3. The molecule has 0 unspecified atom stereocenters. The van der Waals surface area contributed by atoms with Crippen LogP contribution in [0.1, 0.15) is 24.8 Å². The van der Waals surface area contributed by atoms with Crippen LogP contribution in [0.2, 0.25) is 0 Å². The van der Waals surface area contributed by atoms with E-state index in [0.29, 0.717) is 21.4 Å². The quantitative estimate of drug-likeness (QED) is 0.739. The second-order valence-corrected chi connectivity index (χ2v) is 5.78. The van der Waals surface area contributed by atoms with Crippen molar-refractivity contribution in [3.8, 4) is 0 Å². The molecule has 0 fully saturated rings. The first-order valence-corrected chi connectivity index (χ1v) is 6.87. The third-order valence-electron chi connectivity index (χ3n) is 3.00. The second kappa shape index (κ2) is 4.28. The minimum atomic E-state index is -0.0471. The van der Waals surface area contributed by atoms with Crippen LogP contribution in [0.5, 0.6) is 0 Å². The van der Waals surface area contributed by atoms with Crippen molar-refractivity contribution in [2.24, 2.45) is 0 Å². The zero-order valence-electron chi connectivity index (χ0n) is 10.7. The Morgan fingerprint density at radius 3 is 2.84 bits per heavy atom. The Kier molecular flexibility index (Phi) is 2.71. The maximum absolute atomic E-state index is 12.3. The van der Waals surface area contributed by atoms with E-state index in [1.54, 1.807) is 18.3 Å². The summed E-state index contributed by atoms with van der Waals surface area (Å²) in [7, 11) is 0. The van der Waals surface area contributed by atoms with E-state index in [2.05, 4.69) is 23.8 Å². The third-order valence-corrected chi connectivity index (χ3v) is 4.37. The van der Waals surface area contributed by atoms with Crippen LogP contribution < -0.4 is 11.2 Å². The molecule has 3 rings (SSSR count). The molecular weight excluding hydrogens is 258 g/mol. The predicted molar refractivity (Wildman–Crippen MR) is 79.7 cm³/mol. The van der Waals surface area contributed by atoms with Crippen LogP contribution in [0, 0.1) is 0 Å². The van der Waals surface area contributed by atoms with Crippen molar-refractivity contribution in [2.45, 2.75) is 19.8 Å². The number of thiazole rings is 1. The minimum Gasteiger partial charge on any atom is -0.395 e. The molecule has 3 aromatic rings. The van der Waals surface area contributed by atoms with Crippen LogP contribution in [-0.4, -0.2) is 9.97 Å². The highest BCUT2D eigenvalue weighted by atomic mass is 32.1. The van der Waals surface area contributed by atoms with Crippen molar-refractivity contribution in [1.82, 2.24) is 9.97 Å². The molecule has 0 amide bonds. The van der Waals surface area contributed by atoms with Gasteiger partial charge in [0.1, 0.15) is 10.2 Å². The van der Waals surface area contributed by atoms with Crippen molar-refractivity contribution in [3.63, 3.8) is 0 Å². The Bertz CT molecular complexity index is 839. The van der Waals surface area contributed by atoms with E-state index < -0.39 is 0 Å². The number of nitrogens with zero attached hydrogens (tertiary/aromatic N) is 2. The summed E-state index contributed by atoms with van der Waals surface area (Å²) in [6.07, 6.45) is 1.67. The molecule has 1 aromatic carbocycles. The van der Waals surface area contributed by atoms with E-state index in [1.807, 2.05) is 6.07 Å². The van der Waals surface area contributed by atoms with Gasteiger partial charge < -0.3 is 5.73 Å². The van der Waals surface area contributed by atoms with Crippen molar-refractivity contribution in [2.75, 3.05) is 5.73 Å². The fourth-order valence-electron chi connectivity index (χ4n) is 2.01. The van der Waals surface area contributed by atoms with Gasteiger partial charge in [0.25, 0.3) is 0 Å². The first-order chi connectivity index (χ1) is 9.08. The van der Waals surface area contributed by atoms with Gasteiger partial charge in [-0.1, -0.05) is 19.9 Å². The highest BCUT2D eigenvalue weighted by molar-refractivity contribution is 7.18. The third kappa shape index (κ3) is 1.86. The monoisotopic (exact) mass is 271 g/mol. The van der Waals surface area contributed by atoms with Crippen molar-refractivity contribution >= 4 is 38.1 Å². The fourth-order valence-corrected chi connectivity index (χ4v) is 3.00. The highest BCUT2D eigenvalue weighted by Crippen LogP contribution is 2.30. The number of hydrogen-bond donors (Lipinski definition) is 1. The number of fused-ring (bicyclic) bond motifs is 2. The molecule has 0 bridgehead atoms. The average molecular weight is 271 g/mol. The summed E-state index contributed by atoms with van der Waals surface area (Å²) >= 11 is 1.42. The van der Waals surface area contributed by atoms with E-state index in [9.17, 15) is 4.79 Å². The Morgan fingerprint density at radius 2 is 2.11 bits per heavy atom. The lowest BCUT2D eigenvalue weighted by Gasteiger charge is -1.97. The molecule has 0 atom stereocenters. The van der Waals surface area contributed by atoms with Crippen molar-refractivity contribution < 1.29 is 0 Å². The lowest BCUT2D eigenvalue weighted by Crippen LogP contribution is -1.92. The van der Waals surface area contributed by atoms with Crippen LogP contribution in [-0.2, 0) is 0 Å². The molecule has 2 aromatic heterocycles. The fraction of sp³-hybridized carbons (Fsp3) is 0.214. The minimum absolute atomic E-state index is 0.0471. The number of hydrogen-bond acceptors (Lipinski definition) is 5. The molecule has 19 heavy (non-hydrogen) atoms. The lowest BCUT2D eigenvalue weighted by atomic mass is 10.2. The molecule has 0 aliphatic carbocycles. The molecule has 5 heteroatoms. The standard InChI is InChI=1S/C14H13N3OS/c1-7(2)14-17-12-10(15)11-8(4-3-5-16-11)6-9(18)13(12)19-14/h3-7H,15H2,1-2H3. The average Bonchev–Trinajstić information content (AvgIpc) is 2.80. The summed E-state index contributed by atoms with van der Waals surface area (Å²) in [6.45, 7) is 4.10. The Labute approximate surface area is 113 Å². The molecule has 0 radical (unpaired) electrons. The zero-order chi connectivity index (χ0) is 13.6. The smallest absolute Gasteiger partial charge is 0.198 e. The Morgan fingerprint density at radius 1 is 1.32 bits per heavy atom. The summed E-state index contributed by atoms with van der Waals surface area (Å²) in [6, 6.07) is 5.22. The summed E-state index contributed by atoms with van der Waals surface area (Å²) < 4.78 is 0.610. The van der Waals surface area contributed by atoms with Gasteiger partial charge in [0.15, 0.2) is 5.43 Å². The number of pyridine rings is 1. The van der Waals surface area contributed by atoms with E-state index >= 15 is 0 Å². The van der Waals surface area contributed by atoms with Crippen LogP contribution in [0.4, 0.5) is 5.69 Å². The van der Waals surface area contributed by atoms with Crippen LogP contribution in [0.25, 0.3) is 21.1 Å². The molecule has 2 N–H and O–H groups in total. The van der Waals surface area contributed by atoms with E-state index in [0.717, 1.165) is 10.4 Å². The van der Waals surface area contributed by atoms with Gasteiger partial charge in [-0.3, -0.25) is 9.78 Å². The first kappa shape index (κ1) is 12.0. The van der Waals surface area contributed by atoms with E-state index in [-0.39, 0.29) is 11.3 Å². The van der Waals surface area contributed by atoms with E-state index in [1.165, 1.54) is 11.3 Å². The summed E-state index contributed by atoms with van der Waals surface area (Å²) in [5.41, 5.74) is 7.81. The zero-order valence-corrected chi connectivity index (χ0v) is 11.5. The first-order valence-electron chi connectivity index (χ1n) is 6.06. The maximum Gasteiger partial charge on any atom is 0.198 e. The molecule has 0 aliphatic rings. The van der Waals surface area contributed by atoms with Crippen LogP contribution >= 0.6 is 11.3 Å². The van der Waals surface area contributed by atoms with Crippen molar-refractivity contribution in [1.29, 1.82) is 0 Å². The number of nitrogen functional groups attached to an aromatic ring is 1. The summed E-state index contributed by atoms with van der Waals surface area (Å²) in [5, 5.41) is 1.68. The van der Waals surface area contributed by atoms with E-state index in [4.69, 9.17) is 5.73 Å². The Hall–Kier alpha value is -2.01. The molecule has 0 aliphatic heterocycles. The molecule has 0 saturated carbocycles. The van der Waals surface area contributed by atoms with Gasteiger partial charge in [0, 0.05) is 17.5 Å². The predicted octanol–water partition coefficient (Wildman–Crippen LogP) is 2.91. The van der Waals surface area contributed by atoms with Gasteiger partial charge >= 0.3 is 0 Å². The molecule has 4 nitrogen and oxygen atoms in total. The SMILES string of the molecule is CC(C)c1nc2c(N)c3ncccc3cc(=O)c2s1. The second-order valence-electron chi connectivity index (χ2n) is 4.75. The van der Waals surface area contributed by atoms with Gasteiger partial charge in [-0.05, 0) is 12.1 Å². The highest BCUT2D eigenvalue weighted by Gasteiger charge is 2.13. The number of aromatic nitrogens is 2. The Balaban J connectivity index is 2.56. The van der Waals surface area contributed by atoms with Gasteiger partial charge in [0.2, 0.25) is 0 Å². The number of rotatable bonds is 1. The molecule has 2 heterocycles. The topological polar surface area (TPSA) is 68.9 Å². The molecular formula is C14H13N3OS.